The molecule has 2 aromatic carbocycles. The Balaban J connectivity index is 1.84. The van der Waals surface area contributed by atoms with Gasteiger partial charge in [-0.15, -0.1) is 0 Å². The van der Waals surface area contributed by atoms with Crippen LogP contribution in [0, 0.1) is 0 Å². The number of hydrogen-bond acceptors (Lipinski definition) is 6. The highest BCUT2D eigenvalue weighted by atomic mass is 32.2. The first-order valence-corrected chi connectivity index (χ1v) is 8.84. The molecule has 9 heteroatoms. The second-order valence-electron chi connectivity index (χ2n) is 5.25. The summed E-state index contributed by atoms with van der Waals surface area (Å²) < 4.78 is 37.2. The van der Waals surface area contributed by atoms with Gasteiger partial charge in [0.05, 0.1) is 25.6 Å². The third-order valence-electron chi connectivity index (χ3n) is 3.68. The van der Waals surface area contributed by atoms with Crippen molar-refractivity contribution in [1.29, 1.82) is 0 Å². The van der Waals surface area contributed by atoms with Crippen molar-refractivity contribution in [3.05, 3.63) is 42.5 Å². The predicted octanol–water partition coefficient (Wildman–Crippen LogP) is 1.37. The zero-order chi connectivity index (χ0) is 18.0. The van der Waals surface area contributed by atoms with Crippen molar-refractivity contribution in [1.82, 2.24) is 4.72 Å². The summed E-state index contributed by atoms with van der Waals surface area (Å²) >= 11 is 0. The Morgan fingerprint density at radius 1 is 1.12 bits per heavy atom. The van der Waals surface area contributed by atoms with Crippen LogP contribution in [-0.2, 0) is 14.8 Å². The van der Waals surface area contributed by atoms with E-state index in [0.717, 1.165) is 0 Å². The molecule has 1 amide bonds. The molecule has 0 saturated heterocycles. The van der Waals surface area contributed by atoms with Gasteiger partial charge in [0.25, 0.3) is 5.91 Å². The van der Waals surface area contributed by atoms with Crippen LogP contribution in [0.2, 0.25) is 0 Å². The minimum absolute atomic E-state index is 0.0982. The number of rotatable bonds is 4. The van der Waals surface area contributed by atoms with Crippen LogP contribution in [0.1, 0.15) is 0 Å². The Morgan fingerprint density at radius 3 is 2.60 bits per heavy atom. The minimum Gasteiger partial charge on any atom is -0.497 e. The van der Waals surface area contributed by atoms with Gasteiger partial charge in [-0.05, 0) is 24.3 Å². The molecular formula is C16H17N3O5S. The number of amides is 1. The average molecular weight is 363 g/mol. The lowest BCUT2D eigenvalue weighted by molar-refractivity contribution is -0.117. The number of carbonyl (C=O) groups is 1. The molecule has 0 unspecified atom stereocenters. The van der Waals surface area contributed by atoms with Gasteiger partial charge in [0.2, 0.25) is 10.0 Å². The number of para-hydroxylation sites is 1. The van der Waals surface area contributed by atoms with Gasteiger partial charge in [0.15, 0.2) is 6.17 Å². The number of benzene rings is 2. The molecule has 25 heavy (non-hydrogen) atoms. The number of nitrogens with one attached hydrogen (secondary N) is 3. The van der Waals surface area contributed by atoms with Crippen molar-refractivity contribution >= 4 is 27.3 Å². The molecule has 3 rings (SSSR count). The number of anilines is 2. The fraction of sp³-hybridized carbons (Fsp3) is 0.188. The highest BCUT2D eigenvalue weighted by Crippen LogP contribution is 2.30. The molecule has 0 spiro atoms. The van der Waals surface area contributed by atoms with E-state index in [1.807, 2.05) is 0 Å². The number of carbonyl (C=O) groups excluding carboxylic acids is 1. The van der Waals surface area contributed by atoms with Crippen LogP contribution in [0.5, 0.6) is 11.5 Å². The van der Waals surface area contributed by atoms with E-state index in [9.17, 15) is 13.2 Å². The highest BCUT2D eigenvalue weighted by Gasteiger charge is 2.33. The van der Waals surface area contributed by atoms with Crippen LogP contribution >= 0.6 is 0 Å². The number of hydrogen-bond donors (Lipinski definition) is 3. The summed E-state index contributed by atoms with van der Waals surface area (Å²) in [5.74, 6) is 0.397. The van der Waals surface area contributed by atoms with Gasteiger partial charge in [-0.1, -0.05) is 12.1 Å². The average Bonchev–Trinajstić information content (AvgIpc) is 2.61. The summed E-state index contributed by atoms with van der Waals surface area (Å²) in [6.07, 6.45) is -1.15. The van der Waals surface area contributed by atoms with E-state index in [2.05, 4.69) is 15.4 Å². The predicted molar refractivity (Wildman–Crippen MR) is 92.3 cm³/mol. The Labute approximate surface area is 145 Å². The fourth-order valence-corrected chi connectivity index (χ4v) is 3.73. The molecule has 0 saturated carbocycles. The van der Waals surface area contributed by atoms with E-state index in [-0.39, 0.29) is 4.90 Å². The molecule has 1 aliphatic heterocycles. The topological polar surface area (TPSA) is 106 Å². The van der Waals surface area contributed by atoms with E-state index in [4.69, 9.17) is 9.47 Å². The lowest BCUT2D eigenvalue weighted by Crippen LogP contribution is -2.51. The molecule has 0 bridgehead atoms. The molecule has 2 aromatic rings. The van der Waals surface area contributed by atoms with Crippen molar-refractivity contribution in [3.63, 3.8) is 0 Å². The second-order valence-corrected chi connectivity index (χ2v) is 6.93. The molecule has 0 aromatic heterocycles. The van der Waals surface area contributed by atoms with Crippen LogP contribution in [0.15, 0.2) is 47.4 Å². The molecule has 1 heterocycles. The maximum absolute atomic E-state index is 12.5. The number of methoxy groups -OCH3 is 2. The lowest BCUT2D eigenvalue weighted by atomic mass is 10.2. The zero-order valence-corrected chi connectivity index (χ0v) is 14.4. The Kier molecular flexibility index (Phi) is 4.51. The quantitative estimate of drug-likeness (QED) is 0.758. The maximum atomic E-state index is 12.5. The van der Waals surface area contributed by atoms with Gasteiger partial charge in [-0.2, -0.15) is 4.72 Å². The van der Waals surface area contributed by atoms with Crippen LogP contribution in [0.25, 0.3) is 0 Å². The van der Waals surface area contributed by atoms with Gasteiger partial charge < -0.3 is 20.1 Å². The van der Waals surface area contributed by atoms with E-state index in [1.165, 1.54) is 20.3 Å². The second kappa shape index (κ2) is 6.61. The molecule has 0 fully saturated rings. The van der Waals surface area contributed by atoms with E-state index in [1.54, 1.807) is 36.4 Å². The summed E-state index contributed by atoms with van der Waals surface area (Å²) in [7, 11) is -0.800. The van der Waals surface area contributed by atoms with Gasteiger partial charge >= 0.3 is 0 Å². The van der Waals surface area contributed by atoms with Crippen LogP contribution in [0.3, 0.4) is 0 Å². The van der Waals surface area contributed by atoms with Gasteiger partial charge in [0.1, 0.15) is 16.4 Å². The molecule has 0 aliphatic carbocycles. The van der Waals surface area contributed by atoms with Crippen molar-refractivity contribution in [2.45, 2.75) is 11.1 Å². The first-order chi connectivity index (χ1) is 11.9. The zero-order valence-electron chi connectivity index (χ0n) is 13.6. The van der Waals surface area contributed by atoms with E-state index >= 15 is 0 Å². The molecule has 0 radical (unpaired) electrons. The van der Waals surface area contributed by atoms with Crippen molar-refractivity contribution < 1.29 is 22.7 Å². The van der Waals surface area contributed by atoms with Crippen molar-refractivity contribution in [3.8, 4) is 11.5 Å². The van der Waals surface area contributed by atoms with Crippen LogP contribution < -0.4 is 24.8 Å². The monoisotopic (exact) mass is 363 g/mol. The molecule has 8 nitrogen and oxygen atoms in total. The normalized spacial score (nSPS) is 17.8. The van der Waals surface area contributed by atoms with Crippen LogP contribution in [-0.4, -0.2) is 34.7 Å². The molecule has 1 atom stereocenters. The van der Waals surface area contributed by atoms with Crippen molar-refractivity contribution in [2.24, 2.45) is 0 Å². The first kappa shape index (κ1) is 17.1. The largest absolute Gasteiger partial charge is 0.497 e. The number of fused-ring (bicyclic) bond motifs is 1. The summed E-state index contributed by atoms with van der Waals surface area (Å²) in [6, 6.07) is 11.2. The van der Waals surface area contributed by atoms with Gasteiger partial charge in [-0.3, -0.25) is 4.79 Å². The van der Waals surface area contributed by atoms with Crippen LogP contribution in [0.4, 0.5) is 11.4 Å². The Hall–Kier alpha value is -2.78. The van der Waals surface area contributed by atoms with E-state index in [0.29, 0.717) is 22.9 Å². The molecule has 1 aliphatic rings. The summed E-state index contributed by atoms with van der Waals surface area (Å²) in [6.45, 7) is 0. The minimum atomic E-state index is -3.78. The third kappa shape index (κ3) is 3.37. The summed E-state index contributed by atoms with van der Waals surface area (Å²) in [5.41, 5.74) is 0.760. The fourth-order valence-electron chi connectivity index (χ4n) is 2.45. The Bertz CT molecular complexity index is 914. The summed E-state index contributed by atoms with van der Waals surface area (Å²) in [4.78, 5) is 12.6. The molecular weight excluding hydrogens is 346 g/mol. The SMILES string of the molecule is COc1ccc(NC(=O)[C@@H]2Nc3ccccc3S(=O)(=O)N2)c(OC)c1. The first-order valence-electron chi connectivity index (χ1n) is 7.35. The maximum Gasteiger partial charge on any atom is 0.263 e. The van der Waals surface area contributed by atoms with Gasteiger partial charge in [-0.25, -0.2) is 8.42 Å². The number of ether oxygens (including phenoxy) is 2. The molecule has 3 N–H and O–H groups in total. The number of sulfonamides is 1. The summed E-state index contributed by atoms with van der Waals surface area (Å²) in [5, 5.41) is 5.51. The lowest BCUT2D eigenvalue weighted by Gasteiger charge is -2.27. The Morgan fingerprint density at radius 2 is 1.88 bits per heavy atom. The van der Waals surface area contributed by atoms with Gasteiger partial charge in [0, 0.05) is 6.07 Å². The third-order valence-corrected chi connectivity index (χ3v) is 5.16. The smallest absolute Gasteiger partial charge is 0.263 e. The van der Waals surface area contributed by atoms with Crippen molar-refractivity contribution in [2.75, 3.05) is 24.9 Å². The highest BCUT2D eigenvalue weighted by molar-refractivity contribution is 7.89. The van der Waals surface area contributed by atoms with E-state index < -0.39 is 22.1 Å². The standard InChI is InChI=1S/C16H17N3O5S/c1-23-10-7-8-11(13(9-10)24-2)18-16(20)15-17-12-5-3-4-6-14(12)25(21,22)19-15/h3-9,15,17,19H,1-2H3,(H,18,20)/t15-/m1/s1. The molecule has 132 valence electrons.